The van der Waals surface area contributed by atoms with Crippen molar-refractivity contribution in [3.63, 3.8) is 0 Å². The fraction of sp³-hybridized carbons (Fsp3) is 0.750. The minimum absolute atomic E-state index is 0.400. The van der Waals surface area contributed by atoms with Crippen molar-refractivity contribution < 1.29 is 0 Å². The molecule has 3 heteroatoms. The fourth-order valence-corrected chi connectivity index (χ4v) is 4.34. The van der Waals surface area contributed by atoms with Crippen LogP contribution in [0.25, 0.3) is 0 Å². The number of nitrogens with two attached hydrogens (primary N) is 1. The summed E-state index contributed by atoms with van der Waals surface area (Å²) in [5, 5.41) is 2.18. The Bertz CT molecular complexity index is 335. The van der Waals surface area contributed by atoms with Gasteiger partial charge in [-0.1, -0.05) is 6.42 Å². The molecule has 2 fully saturated rings. The van der Waals surface area contributed by atoms with Crippen LogP contribution in [-0.4, -0.2) is 11.5 Å². The Morgan fingerprint density at radius 1 is 1.53 bits per heavy atom. The smallest absolute Gasteiger partial charge is 0.0794 e. The Morgan fingerprint density at radius 3 is 3.00 bits per heavy atom. The van der Waals surface area contributed by atoms with Crippen LogP contribution in [-0.2, 0) is 6.42 Å². The van der Waals surface area contributed by atoms with Gasteiger partial charge in [-0.25, -0.2) is 4.98 Å². The van der Waals surface area contributed by atoms with Gasteiger partial charge in [0.2, 0.25) is 0 Å². The molecule has 2 saturated carbocycles. The molecular weight excluding hydrogens is 204 g/mol. The summed E-state index contributed by atoms with van der Waals surface area (Å²) in [5.41, 5.74) is 9.65. The van der Waals surface area contributed by atoms with E-state index in [0.29, 0.717) is 5.41 Å². The first-order valence-electron chi connectivity index (χ1n) is 5.89. The number of rotatable bonds is 3. The SMILES string of the molecule is NCC1(Cc2cscn2)CC2CCC1C2. The molecule has 3 unspecified atom stereocenters. The minimum Gasteiger partial charge on any atom is -0.330 e. The van der Waals surface area contributed by atoms with E-state index in [9.17, 15) is 0 Å². The van der Waals surface area contributed by atoms with Gasteiger partial charge in [-0.15, -0.1) is 11.3 Å². The molecule has 0 spiro atoms. The van der Waals surface area contributed by atoms with E-state index < -0.39 is 0 Å². The molecule has 2 bridgehead atoms. The van der Waals surface area contributed by atoms with Crippen LogP contribution in [0.2, 0.25) is 0 Å². The molecule has 15 heavy (non-hydrogen) atoms. The van der Waals surface area contributed by atoms with Crippen molar-refractivity contribution in [2.45, 2.75) is 32.1 Å². The van der Waals surface area contributed by atoms with Crippen LogP contribution in [0.3, 0.4) is 0 Å². The summed E-state index contributed by atoms with van der Waals surface area (Å²) >= 11 is 1.70. The van der Waals surface area contributed by atoms with E-state index in [1.54, 1.807) is 11.3 Å². The zero-order chi connectivity index (χ0) is 10.3. The molecular formula is C12H18N2S. The first-order chi connectivity index (χ1) is 7.32. The lowest BCUT2D eigenvalue weighted by atomic mass is 9.70. The predicted molar refractivity (Wildman–Crippen MR) is 62.8 cm³/mol. The van der Waals surface area contributed by atoms with Crippen molar-refractivity contribution in [3.05, 3.63) is 16.6 Å². The molecule has 1 aromatic heterocycles. The highest BCUT2D eigenvalue weighted by atomic mass is 32.1. The van der Waals surface area contributed by atoms with Gasteiger partial charge in [-0.3, -0.25) is 0 Å². The Morgan fingerprint density at radius 2 is 2.47 bits per heavy atom. The summed E-state index contributed by atoms with van der Waals surface area (Å²) in [6.45, 7) is 0.853. The lowest BCUT2D eigenvalue weighted by molar-refractivity contribution is 0.170. The zero-order valence-corrected chi connectivity index (χ0v) is 9.80. The minimum atomic E-state index is 0.400. The molecule has 2 N–H and O–H groups in total. The van der Waals surface area contributed by atoms with Crippen molar-refractivity contribution in [1.29, 1.82) is 0 Å². The molecule has 2 aliphatic rings. The highest BCUT2D eigenvalue weighted by molar-refractivity contribution is 7.07. The van der Waals surface area contributed by atoms with Gasteiger partial charge in [0.15, 0.2) is 0 Å². The molecule has 2 aliphatic carbocycles. The fourth-order valence-electron chi connectivity index (χ4n) is 3.78. The highest BCUT2D eigenvalue weighted by Gasteiger charge is 2.49. The summed E-state index contributed by atoms with van der Waals surface area (Å²) in [6, 6.07) is 0. The quantitative estimate of drug-likeness (QED) is 0.853. The molecule has 3 atom stereocenters. The van der Waals surface area contributed by atoms with Crippen LogP contribution in [0.4, 0.5) is 0 Å². The Kier molecular flexibility index (Phi) is 2.33. The van der Waals surface area contributed by atoms with Crippen molar-refractivity contribution in [1.82, 2.24) is 4.98 Å². The summed E-state index contributed by atoms with van der Waals surface area (Å²) in [5.74, 6) is 1.85. The van der Waals surface area contributed by atoms with Gasteiger partial charge in [0.05, 0.1) is 11.2 Å². The van der Waals surface area contributed by atoms with Crippen LogP contribution in [0.15, 0.2) is 10.9 Å². The van der Waals surface area contributed by atoms with Gasteiger partial charge in [0.25, 0.3) is 0 Å². The Hall–Kier alpha value is -0.410. The number of nitrogens with zero attached hydrogens (tertiary/aromatic N) is 1. The van der Waals surface area contributed by atoms with Crippen LogP contribution in [0.1, 0.15) is 31.4 Å². The molecule has 0 saturated heterocycles. The predicted octanol–water partition coefficient (Wildman–Crippen LogP) is 2.45. The second-order valence-corrected chi connectivity index (χ2v) is 6.02. The van der Waals surface area contributed by atoms with Gasteiger partial charge < -0.3 is 5.73 Å². The second-order valence-electron chi connectivity index (χ2n) is 5.30. The van der Waals surface area contributed by atoms with Gasteiger partial charge >= 0.3 is 0 Å². The lowest BCUT2D eigenvalue weighted by Gasteiger charge is -2.36. The van der Waals surface area contributed by atoms with E-state index in [1.165, 1.54) is 31.4 Å². The number of aromatic nitrogens is 1. The monoisotopic (exact) mass is 222 g/mol. The third-order valence-electron chi connectivity index (χ3n) is 4.53. The van der Waals surface area contributed by atoms with Crippen molar-refractivity contribution in [2.75, 3.05) is 6.54 Å². The van der Waals surface area contributed by atoms with Crippen molar-refractivity contribution in [3.8, 4) is 0 Å². The standard InChI is InChI=1S/C12H18N2S/c13-7-12(5-11-6-15-8-14-11)4-9-1-2-10(12)3-9/h6,8-10H,1-5,7,13H2. The Labute approximate surface area is 94.9 Å². The molecule has 0 radical (unpaired) electrons. The van der Waals surface area contributed by atoms with E-state index in [-0.39, 0.29) is 0 Å². The second kappa shape index (κ2) is 3.56. The van der Waals surface area contributed by atoms with Crippen LogP contribution in [0, 0.1) is 17.3 Å². The van der Waals surface area contributed by atoms with Crippen molar-refractivity contribution in [2.24, 2.45) is 23.0 Å². The van der Waals surface area contributed by atoms with E-state index in [0.717, 1.165) is 24.8 Å². The summed E-state index contributed by atoms with van der Waals surface area (Å²) in [4.78, 5) is 4.42. The number of fused-ring (bicyclic) bond motifs is 2. The summed E-state index contributed by atoms with van der Waals surface area (Å²) in [6.07, 6.45) is 6.76. The first kappa shape index (κ1) is 9.79. The zero-order valence-electron chi connectivity index (χ0n) is 8.98. The van der Waals surface area contributed by atoms with Crippen LogP contribution < -0.4 is 5.73 Å². The lowest BCUT2D eigenvalue weighted by Crippen LogP contribution is -2.37. The molecule has 0 amide bonds. The molecule has 0 aliphatic heterocycles. The highest BCUT2D eigenvalue weighted by Crippen LogP contribution is 2.56. The third kappa shape index (κ3) is 1.53. The average Bonchev–Trinajstić information content (AvgIpc) is 2.93. The Balaban J connectivity index is 1.82. The van der Waals surface area contributed by atoms with E-state index in [2.05, 4.69) is 10.4 Å². The summed E-state index contributed by atoms with van der Waals surface area (Å²) in [7, 11) is 0. The van der Waals surface area contributed by atoms with Crippen LogP contribution >= 0.6 is 11.3 Å². The van der Waals surface area contributed by atoms with Crippen LogP contribution in [0.5, 0.6) is 0 Å². The maximum absolute atomic E-state index is 6.05. The molecule has 1 aromatic rings. The average molecular weight is 222 g/mol. The van der Waals surface area contributed by atoms with E-state index >= 15 is 0 Å². The maximum atomic E-state index is 6.05. The first-order valence-corrected chi connectivity index (χ1v) is 6.84. The number of thiazole rings is 1. The molecule has 2 nitrogen and oxygen atoms in total. The van der Waals surface area contributed by atoms with E-state index in [1.807, 2.05) is 5.51 Å². The summed E-state index contributed by atoms with van der Waals surface area (Å²) < 4.78 is 0. The maximum Gasteiger partial charge on any atom is 0.0794 e. The van der Waals surface area contributed by atoms with Gasteiger partial charge in [-0.2, -0.15) is 0 Å². The van der Waals surface area contributed by atoms with Gasteiger partial charge in [0, 0.05) is 5.38 Å². The topological polar surface area (TPSA) is 38.9 Å². The normalized spacial score (nSPS) is 38.7. The van der Waals surface area contributed by atoms with Crippen molar-refractivity contribution >= 4 is 11.3 Å². The largest absolute Gasteiger partial charge is 0.330 e. The van der Waals surface area contributed by atoms with Gasteiger partial charge in [-0.05, 0) is 49.5 Å². The van der Waals surface area contributed by atoms with Gasteiger partial charge in [0.1, 0.15) is 0 Å². The molecule has 82 valence electrons. The molecule has 0 aromatic carbocycles. The van der Waals surface area contributed by atoms with E-state index in [4.69, 9.17) is 5.73 Å². The number of hydrogen-bond donors (Lipinski definition) is 1. The number of hydrogen-bond acceptors (Lipinski definition) is 3. The third-order valence-corrected chi connectivity index (χ3v) is 5.16. The molecule has 1 heterocycles. The molecule has 3 rings (SSSR count).